The number of nitrogens with one attached hydrogen (secondary N) is 1. The topological polar surface area (TPSA) is 84.7 Å². The second kappa shape index (κ2) is 7.92. The number of halogens is 1. The fraction of sp³-hybridized carbons (Fsp3) is 0.375. The number of thioether (sulfide) groups is 1. The summed E-state index contributed by atoms with van der Waals surface area (Å²) in [5.41, 5.74) is 7.82. The Morgan fingerprint density at radius 3 is 2.83 bits per heavy atom. The number of rotatable bonds is 4. The van der Waals surface area contributed by atoms with Gasteiger partial charge in [0.1, 0.15) is 5.75 Å². The number of hydrogen-bond donors (Lipinski definition) is 2. The molecule has 0 saturated carbocycles. The van der Waals surface area contributed by atoms with Crippen LogP contribution in [0, 0.1) is 0 Å². The van der Waals surface area contributed by atoms with Gasteiger partial charge in [0.15, 0.2) is 0 Å². The summed E-state index contributed by atoms with van der Waals surface area (Å²) in [7, 11) is 0. The van der Waals surface area contributed by atoms with E-state index >= 15 is 0 Å². The molecule has 1 atom stereocenters. The van der Waals surface area contributed by atoms with Crippen molar-refractivity contribution in [3.05, 3.63) is 28.7 Å². The van der Waals surface area contributed by atoms with Crippen LogP contribution < -0.4 is 20.7 Å². The summed E-state index contributed by atoms with van der Waals surface area (Å²) in [5.74, 6) is 0.413. The van der Waals surface area contributed by atoms with Gasteiger partial charge in [-0.1, -0.05) is 12.1 Å². The number of nitrogens with zero attached hydrogens (tertiary/aromatic N) is 1. The van der Waals surface area contributed by atoms with Gasteiger partial charge in [0.05, 0.1) is 17.2 Å². The molecule has 130 valence electrons. The van der Waals surface area contributed by atoms with Gasteiger partial charge in [-0.2, -0.15) is 0 Å². The number of amides is 2. The summed E-state index contributed by atoms with van der Waals surface area (Å²) >= 11 is 0.917. The SMILES string of the molecule is CCOc1cccc(/C=C2/SC(=O)NC2=O)c1N1CCC(N)C1.Cl. The first-order valence-corrected chi connectivity index (χ1v) is 8.41. The van der Waals surface area contributed by atoms with Crippen molar-refractivity contribution < 1.29 is 14.3 Å². The number of hydrogen-bond acceptors (Lipinski definition) is 6. The van der Waals surface area contributed by atoms with Crippen molar-refractivity contribution in [2.75, 3.05) is 24.6 Å². The lowest BCUT2D eigenvalue weighted by molar-refractivity contribution is -0.115. The summed E-state index contributed by atoms with van der Waals surface area (Å²) in [4.78, 5) is 25.7. The summed E-state index contributed by atoms with van der Waals surface area (Å²) in [6.07, 6.45) is 2.66. The van der Waals surface area contributed by atoms with Gasteiger partial charge in [-0.15, -0.1) is 12.4 Å². The van der Waals surface area contributed by atoms with Crippen LogP contribution in [-0.2, 0) is 4.79 Å². The molecule has 0 aromatic heterocycles. The fourth-order valence-electron chi connectivity index (χ4n) is 2.82. The molecule has 3 rings (SSSR count). The second-order valence-corrected chi connectivity index (χ2v) is 6.49. The lowest BCUT2D eigenvalue weighted by atomic mass is 10.1. The number of para-hydroxylation sites is 1. The molecule has 0 spiro atoms. The maximum atomic E-state index is 11.8. The third-order valence-corrected chi connectivity index (χ3v) is 4.61. The molecule has 2 saturated heterocycles. The van der Waals surface area contributed by atoms with E-state index < -0.39 is 0 Å². The van der Waals surface area contributed by atoms with Gasteiger partial charge in [-0.3, -0.25) is 14.9 Å². The molecule has 0 radical (unpaired) electrons. The Kier molecular flexibility index (Phi) is 6.15. The average molecular weight is 370 g/mol. The predicted molar refractivity (Wildman–Crippen MR) is 98.8 cm³/mol. The van der Waals surface area contributed by atoms with Gasteiger partial charge >= 0.3 is 0 Å². The van der Waals surface area contributed by atoms with Gasteiger partial charge in [-0.05, 0) is 37.2 Å². The van der Waals surface area contributed by atoms with Crippen molar-refractivity contribution in [3.8, 4) is 5.75 Å². The lowest BCUT2D eigenvalue weighted by Gasteiger charge is -2.24. The highest BCUT2D eigenvalue weighted by molar-refractivity contribution is 8.18. The fourth-order valence-corrected chi connectivity index (χ4v) is 3.49. The molecule has 6 nitrogen and oxygen atoms in total. The van der Waals surface area contributed by atoms with E-state index in [4.69, 9.17) is 10.5 Å². The van der Waals surface area contributed by atoms with Crippen molar-refractivity contribution in [2.24, 2.45) is 5.73 Å². The molecule has 2 aliphatic heterocycles. The molecular weight excluding hydrogens is 350 g/mol. The molecule has 2 heterocycles. The molecular formula is C16H20ClN3O3S. The van der Waals surface area contributed by atoms with E-state index in [-0.39, 0.29) is 29.6 Å². The molecule has 24 heavy (non-hydrogen) atoms. The van der Waals surface area contributed by atoms with Crippen LogP contribution in [0.2, 0.25) is 0 Å². The Labute approximate surface area is 151 Å². The van der Waals surface area contributed by atoms with E-state index in [9.17, 15) is 9.59 Å². The summed E-state index contributed by atoms with van der Waals surface area (Å²) in [6.45, 7) is 4.09. The summed E-state index contributed by atoms with van der Waals surface area (Å²) < 4.78 is 5.75. The zero-order valence-corrected chi connectivity index (χ0v) is 14.9. The maximum Gasteiger partial charge on any atom is 0.290 e. The van der Waals surface area contributed by atoms with E-state index in [1.165, 1.54) is 0 Å². The van der Waals surface area contributed by atoms with Crippen LogP contribution in [0.3, 0.4) is 0 Å². The zero-order valence-electron chi connectivity index (χ0n) is 13.3. The molecule has 2 fully saturated rings. The number of carbonyl (C=O) groups is 2. The normalized spacial score (nSPS) is 21.8. The number of ether oxygens (including phenoxy) is 1. The minimum atomic E-state index is -0.356. The standard InChI is InChI=1S/C16H19N3O3S.ClH/c1-2-22-12-5-3-4-10(8-13-15(20)18-16(21)23-13)14(12)19-7-6-11(17)9-19;/h3-5,8,11H,2,6-7,9,17H2,1H3,(H,18,20,21);1H/b13-8+;. The number of anilines is 1. The monoisotopic (exact) mass is 369 g/mol. The molecule has 3 N–H and O–H groups in total. The molecule has 2 aliphatic rings. The maximum absolute atomic E-state index is 11.8. The van der Waals surface area contributed by atoms with Crippen molar-refractivity contribution in [3.63, 3.8) is 0 Å². The smallest absolute Gasteiger partial charge is 0.290 e. The van der Waals surface area contributed by atoms with E-state index in [0.717, 1.165) is 48.3 Å². The number of nitrogens with two attached hydrogens (primary N) is 1. The average Bonchev–Trinajstić information content (AvgIpc) is 3.06. The van der Waals surface area contributed by atoms with Crippen LogP contribution >= 0.6 is 24.2 Å². The molecule has 8 heteroatoms. The van der Waals surface area contributed by atoms with Crippen LogP contribution in [0.4, 0.5) is 10.5 Å². The van der Waals surface area contributed by atoms with Gasteiger partial charge in [-0.25, -0.2) is 0 Å². The van der Waals surface area contributed by atoms with Gasteiger partial charge in [0, 0.05) is 24.7 Å². The Bertz CT molecular complexity index is 681. The van der Waals surface area contributed by atoms with E-state index in [1.807, 2.05) is 25.1 Å². The van der Waals surface area contributed by atoms with E-state index in [0.29, 0.717) is 11.5 Å². The number of imide groups is 1. The van der Waals surface area contributed by atoms with Gasteiger partial charge in [0.25, 0.3) is 11.1 Å². The summed E-state index contributed by atoms with van der Waals surface area (Å²) in [6, 6.07) is 5.86. The van der Waals surface area contributed by atoms with E-state index in [2.05, 4.69) is 10.2 Å². The van der Waals surface area contributed by atoms with Crippen LogP contribution in [0.1, 0.15) is 18.9 Å². The third-order valence-electron chi connectivity index (χ3n) is 3.80. The first kappa shape index (κ1) is 18.6. The molecule has 0 aliphatic carbocycles. The molecule has 2 amide bonds. The molecule has 1 aromatic carbocycles. The van der Waals surface area contributed by atoms with Crippen LogP contribution in [0.15, 0.2) is 23.1 Å². The summed E-state index contributed by atoms with van der Waals surface area (Å²) in [5, 5.41) is 1.93. The molecule has 1 unspecified atom stereocenters. The zero-order chi connectivity index (χ0) is 16.4. The van der Waals surface area contributed by atoms with Crippen molar-refractivity contribution in [1.82, 2.24) is 5.32 Å². The third kappa shape index (κ3) is 3.85. The Morgan fingerprint density at radius 1 is 1.46 bits per heavy atom. The van der Waals surface area contributed by atoms with Crippen molar-refractivity contribution in [2.45, 2.75) is 19.4 Å². The molecule has 0 bridgehead atoms. The highest BCUT2D eigenvalue weighted by Gasteiger charge is 2.28. The largest absolute Gasteiger partial charge is 0.492 e. The first-order chi connectivity index (χ1) is 11.1. The predicted octanol–water partition coefficient (Wildman–Crippen LogP) is 2.37. The minimum absolute atomic E-state index is 0. The first-order valence-electron chi connectivity index (χ1n) is 7.59. The van der Waals surface area contributed by atoms with Crippen LogP contribution in [0.25, 0.3) is 6.08 Å². The Hall–Kier alpha value is -1.70. The Morgan fingerprint density at radius 2 is 2.25 bits per heavy atom. The molecule has 1 aromatic rings. The quantitative estimate of drug-likeness (QED) is 0.792. The van der Waals surface area contributed by atoms with Crippen molar-refractivity contribution >= 4 is 47.1 Å². The number of benzene rings is 1. The van der Waals surface area contributed by atoms with Crippen LogP contribution in [0.5, 0.6) is 5.75 Å². The van der Waals surface area contributed by atoms with Gasteiger partial charge in [0.2, 0.25) is 0 Å². The van der Waals surface area contributed by atoms with Gasteiger partial charge < -0.3 is 15.4 Å². The van der Waals surface area contributed by atoms with E-state index in [1.54, 1.807) is 6.08 Å². The highest BCUT2D eigenvalue weighted by atomic mass is 35.5. The van der Waals surface area contributed by atoms with Crippen LogP contribution in [-0.4, -0.2) is 36.9 Å². The second-order valence-electron chi connectivity index (χ2n) is 5.47. The van der Waals surface area contributed by atoms with Crippen molar-refractivity contribution in [1.29, 1.82) is 0 Å². The Balaban J connectivity index is 0.00000208. The minimum Gasteiger partial charge on any atom is -0.492 e. The highest BCUT2D eigenvalue weighted by Crippen LogP contribution is 2.37. The lowest BCUT2D eigenvalue weighted by Crippen LogP contribution is -2.27. The number of carbonyl (C=O) groups excluding carboxylic acids is 2.